The first-order valence-corrected chi connectivity index (χ1v) is 6.23. The maximum Gasteiger partial charge on any atom is 0.158 e. The first-order valence-electron chi connectivity index (χ1n) is 5.85. The van der Waals surface area contributed by atoms with Gasteiger partial charge in [0.25, 0.3) is 0 Å². The van der Waals surface area contributed by atoms with Crippen molar-refractivity contribution >= 4 is 17.4 Å². The van der Waals surface area contributed by atoms with E-state index in [1.54, 1.807) is 18.7 Å². The summed E-state index contributed by atoms with van der Waals surface area (Å²) in [5.41, 5.74) is 6.71. The van der Waals surface area contributed by atoms with Crippen molar-refractivity contribution in [3.8, 4) is 0 Å². The van der Waals surface area contributed by atoms with Crippen LogP contribution < -0.4 is 5.73 Å². The molecule has 0 saturated heterocycles. The molecule has 1 heterocycles. The van der Waals surface area contributed by atoms with Crippen molar-refractivity contribution in [2.75, 3.05) is 0 Å². The molecule has 1 aromatic heterocycles. The maximum absolute atomic E-state index is 12.0. The molecular weight excluding hydrogens is 238 g/mol. The summed E-state index contributed by atoms with van der Waals surface area (Å²) in [4.78, 5) is 12.0. The number of hydrogen-bond acceptors (Lipinski definition) is 3. The zero-order valence-corrected chi connectivity index (χ0v) is 11.6. The average Bonchev–Trinajstić information content (AvgIpc) is 2.56. The number of aromatic nitrogens is 2. The molecule has 0 spiro atoms. The van der Waals surface area contributed by atoms with Crippen LogP contribution in [0.1, 0.15) is 38.6 Å². The molecule has 0 saturated carbocycles. The van der Waals surface area contributed by atoms with E-state index in [1.165, 1.54) is 0 Å². The van der Waals surface area contributed by atoms with E-state index < -0.39 is 5.54 Å². The molecule has 96 valence electrons. The molecule has 17 heavy (non-hydrogen) atoms. The molecule has 1 atom stereocenters. The summed E-state index contributed by atoms with van der Waals surface area (Å²) >= 11 is 6.19. The molecule has 4 nitrogen and oxygen atoms in total. The monoisotopic (exact) mass is 257 g/mol. The average molecular weight is 258 g/mol. The number of Topliss-reactive ketones (excluding diaryl/α,β-unsaturated/α-hetero) is 1. The van der Waals surface area contributed by atoms with Gasteiger partial charge < -0.3 is 5.73 Å². The van der Waals surface area contributed by atoms with Crippen molar-refractivity contribution < 1.29 is 4.79 Å². The van der Waals surface area contributed by atoms with Gasteiger partial charge in [0.05, 0.1) is 28.4 Å². The Hall–Kier alpha value is -0.870. The van der Waals surface area contributed by atoms with Crippen LogP contribution in [-0.2, 0) is 24.7 Å². The van der Waals surface area contributed by atoms with Crippen LogP contribution in [-0.4, -0.2) is 21.1 Å². The van der Waals surface area contributed by atoms with Crippen LogP contribution in [0.3, 0.4) is 0 Å². The van der Waals surface area contributed by atoms with Crippen LogP contribution in [0.4, 0.5) is 0 Å². The van der Waals surface area contributed by atoms with Gasteiger partial charge in [0.2, 0.25) is 0 Å². The quantitative estimate of drug-likeness (QED) is 0.876. The van der Waals surface area contributed by atoms with E-state index in [9.17, 15) is 4.79 Å². The van der Waals surface area contributed by atoms with Crippen LogP contribution in [0.25, 0.3) is 0 Å². The summed E-state index contributed by atoms with van der Waals surface area (Å²) in [6, 6.07) is 0. The molecule has 5 heteroatoms. The molecule has 1 rings (SSSR count). The number of hydrogen-bond donors (Lipinski definition) is 1. The van der Waals surface area contributed by atoms with E-state index >= 15 is 0 Å². The SMILES string of the molecule is CCc1nn(C)c(CC(=O)C(C)(N)CC)c1Cl. The fraction of sp³-hybridized carbons (Fsp3) is 0.667. The second kappa shape index (κ2) is 5.19. The number of rotatable bonds is 5. The molecule has 2 N–H and O–H groups in total. The number of ketones is 1. The minimum Gasteiger partial charge on any atom is -0.319 e. The Bertz CT molecular complexity index is 424. The number of nitrogens with two attached hydrogens (primary N) is 1. The summed E-state index contributed by atoms with van der Waals surface area (Å²) in [7, 11) is 1.80. The predicted octanol–water partition coefficient (Wildman–Crippen LogP) is 1.87. The highest BCUT2D eigenvalue weighted by atomic mass is 35.5. The first kappa shape index (κ1) is 14.2. The molecule has 1 aromatic rings. The van der Waals surface area contributed by atoms with Gasteiger partial charge in [-0.15, -0.1) is 0 Å². The second-order valence-electron chi connectivity index (χ2n) is 4.56. The van der Waals surface area contributed by atoms with Gasteiger partial charge in [-0.2, -0.15) is 5.10 Å². The first-order chi connectivity index (χ1) is 7.83. The molecule has 0 aromatic carbocycles. The normalized spacial score (nSPS) is 14.7. The molecule has 0 aliphatic heterocycles. The molecular formula is C12H20ClN3O. The highest BCUT2D eigenvalue weighted by molar-refractivity contribution is 6.32. The Labute approximate surface area is 107 Å². The number of halogens is 1. The maximum atomic E-state index is 12.0. The number of carbonyl (C=O) groups is 1. The van der Waals surface area contributed by atoms with Crippen molar-refractivity contribution in [2.45, 2.75) is 45.6 Å². The van der Waals surface area contributed by atoms with Gasteiger partial charge in [-0.1, -0.05) is 25.4 Å². The third-order valence-corrected chi connectivity index (χ3v) is 3.64. The van der Waals surface area contributed by atoms with Gasteiger partial charge in [-0.05, 0) is 19.8 Å². The van der Waals surface area contributed by atoms with Gasteiger partial charge in [0.15, 0.2) is 5.78 Å². The van der Waals surface area contributed by atoms with Gasteiger partial charge in [0.1, 0.15) is 0 Å². The standard InChI is InChI=1S/C12H20ClN3O/c1-5-8-11(13)9(16(4)15-8)7-10(17)12(3,14)6-2/h5-7,14H2,1-4H3. The molecule has 0 fully saturated rings. The van der Waals surface area contributed by atoms with Crippen molar-refractivity contribution in [2.24, 2.45) is 12.8 Å². The Morgan fingerprint density at radius 1 is 1.53 bits per heavy atom. The van der Waals surface area contributed by atoms with Crippen molar-refractivity contribution in [1.82, 2.24) is 9.78 Å². The van der Waals surface area contributed by atoms with E-state index in [0.29, 0.717) is 11.4 Å². The Balaban J connectivity index is 2.97. The molecule has 0 radical (unpaired) electrons. The fourth-order valence-corrected chi connectivity index (χ4v) is 1.92. The lowest BCUT2D eigenvalue weighted by Crippen LogP contribution is -2.45. The van der Waals surface area contributed by atoms with Gasteiger partial charge in [-0.3, -0.25) is 9.48 Å². The second-order valence-corrected chi connectivity index (χ2v) is 4.93. The lowest BCUT2D eigenvalue weighted by atomic mass is 9.91. The highest BCUT2D eigenvalue weighted by Crippen LogP contribution is 2.23. The molecule has 1 unspecified atom stereocenters. The minimum atomic E-state index is -0.792. The van der Waals surface area contributed by atoms with Crippen LogP contribution in [0, 0.1) is 0 Å². The fourth-order valence-electron chi connectivity index (χ4n) is 1.56. The highest BCUT2D eigenvalue weighted by Gasteiger charge is 2.28. The minimum absolute atomic E-state index is 0.00690. The molecule has 0 aliphatic carbocycles. The van der Waals surface area contributed by atoms with Crippen LogP contribution in [0.2, 0.25) is 5.02 Å². The topological polar surface area (TPSA) is 60.9 Å². The summed E-state index contributed by atoms with van der Waals surface area (Å²) in [6.07, 6.45) is 1.61. The number of aryl methyl sites for hydroxylation is 2. The van der Waals surface area contributed by atoms with E-state index in [1.807, 2.05) is 13.8 Å². The lowest BCUT2D eigenvalue weighted by molar-refractivity contribution is -0.123. The lowest BCUT2D eigenvalue weighted by Gasteiger charge is -2.20. The third kappa shape index (κ3) is 2.87. The third-order valence-electron chi connectivity index (χ3n) is 3.20. The Morgan fingerprint density at radius 2 is 2.12 bits per heavy atom. The van der Waals surface area contributed by atoms with Crippen LogP contribution in [0.15, 0.2) is 0 Å². The summed E-state index contributed by atoms with van der Waals surface area (Å²) in [5.74, 6) is -0.00690. The van der Waals surface area contributed by atoms with Gasteiger partial charge >= 0.3 is 0 Å². The van der Waals surface area contributed by atoms with Crippen molar-refractivity contribution in [3.05, 3.63) is 16.4 Å². The van der Waals surface area contributed by atoms with Crippen LogP contribution >= 0.6 is 11.6 Å². The van der Waals surface area contributed by atoms with Gasteiger partial charge in [0, 0.05) is 7.05 Å². The van der Waals surface area contributed by atoms with E-state index in [0.717, 1.165) is 17.8 Å². The molecule has 0 bridgehead atoms. The Kier molecular flexibility index (Phi) is 4.33. The summed E-state index contributed by atoms with van der Waals surface area (Å²) in [5, 5.41) is 4.87. The van der Waals surface area contributed by atoms with Crippen molar-refractivity contribution in [3.63, 3.8) is 0 Å². The van der Waals surface area contributed by atoms with E-state index in [-0.39, 0.29) is 12.2 Å². The van der Waals surface area contributed by atoms with Crippen molar-refractivity contribution in [1.29, 1.82) is 0 Å². The predicted molar refractivity (Wildman–Crippen MR) is 69.2 cm³/mol. The molecule has 0 aliphatic rings. The zero-order chi connectivity index (χ0) is 13.2. The number of carbonyl (C=O) groups excluding carboxylic acids is 1. The van der Waals surface area contributed by atoms with E-state index in [4.69, 9.17) is 17.3 Å². The molecule has 0 amide bonds. The Morgan fingerprint density at radius 3 is 2.53 bits per heavy atom. The largest absolute Gasteiger partial charge is 0.319 e. The summed E-state index contributed by atoms with van der Waals surface area (Å²) in [6.45, 7) is 5.64. The smallest absolute Gasteiger partial charge is 0.158 e. The zero-order valence-electron chi connectivity index (χ0n) is 10.9. The van der Waals surface area contributed by atoms with Crippen LogP contribution in [0.5, 0.6) is 0 Å². The number of nitrogens with zero attached hydrogens (tertiary/aromatic N) is 2. The van der Waals surface area contributed by atoms with Gasteiger partial charge in [-0.25, -0.2) is 0 Å². The van der Waals surface area contributed by atoms with E-state index in [2.05, 4.69) is 5.10 Å². The summed E-state index contributed by atoms with van der Waals surface area (Å²) < 4.78 is 1.67.